The first-order valence-corrected chi connectivity index (χ1v) is 8.93. The molecule has 0 aliphatic carbocycles. The maximum Gasteiger partial charge on any atom is 0.249 e. The van der Waals surface area contributed by atoms with Gasteiger partial charge in [-0.3, -0.25) is 4.90 Å². The number of hydrogen-bond donors (Lipinski definition) is 0. The highest BCUT2D eigenvalue weighted by molar-refractivity contribution is 6.36. The third-order valence-electron chi connectivity index (χ3n) is 3.97. The van der Waals surface area contributed by atoms with E-state index in [1.54, 1.807) is 32.4 Å². The molecule has 8 heteroatoms. The predicted octanol–water partition coefficient (Wildman–Crippen LogP) is 4.69. The van der Waals surface area contributed by atoms with Crippen LogP contribution in [0.15, 0.2) is 40.8 Å². The van der Waals surface area contributed by atoms with Crippen molar-refractivity contribution >= 4 is 23.2 Å². The van der Waals surface area contributed by atoms with Crippen molar-refractivity contribution in [2.45, 2.75) is 13.1 Å². The van der Waals surface area contributed by atoms with E-state index in [-0.39, 0.29) is 0 Å². The molecule has 0 fully saturated rings. The van der Waals surface area contributed by atoms with Gasteiger partial charge in [-0.2, -0.15) is 0 Å². The normalized spacial score (nSPS) is 11.0. The smallest absolute Gasteiger partial charge is 0.249 e. The first-order chi connectivity index (χ1) is 13.0. The van der Waals surface area contributed by atoms with E-state index in [1.165, 1.54) is 0 Å². The van der Waals surface area contributed by atoms with E-state index in [9.17, 15) is 0 Å². The van der Waals surface area contributed by atoms with Gasteiger partial charge in [0.1, 0.15) is 11.5 Å². The van der Waals surface area contributed by atoms with Crippen LogP contribution in [0.25, 0.3) is 11.5 Å². The number of halogens is 2. The zero-order valence-corrected chi connectivity index (χ0v) is 16.7. The third kappa shape index (κ3) is 4.71. The number of benzene rings is 2. The Kier molecular flexibility index (Phi) is 6.21. The van der Waals surface area contributed by atoms with Gasteiger partial charge in [0.05, 0.1) is 31.4 Å². The summed E-state index contributed by atoms with van der Waals surface area (Å²) in [6.07, 6.45) is 0. The highest BCUT2D eigenvalue weighted by atomic mass is 35.5. The Morgan fingerprint density at radius 3 is 2.52 bits per heavy atom. The molecule has 0 atom stereocenters. The first-order valence-electron chi connectivity index (χ1n) is 8.17. The fraction of sp³-hybridized carbons (Fsp3) is 0.263. The molecule has 0 unspecified atom stereocenters. The molecule has 3 aromatic rings. The van der Waals surface area contributed by atoms with Gasteiger partial charge in [0.2, 0.25) is 11.8 Å². The van der Waals surface area contributed by atoms with Gasteiger partial charge in [0.15, 0.2) is 0 Å². The second kappa shape index (κ2) is 8.61. The largest absolute Gasteiger partial charge is 0.497 e. The minimum absolute atomic E-state index is 0.363. The molecule has 0 N–H and O–H groups in total. The van der Waals surface area contributed by atoms with Gasteiger partial charge in [-0.15, -0.1) is 10.2 Å². The molecule has 0 amide bonds. The molecule has 2 aromatic carbocycles. The van der Waals surface area contributed by atoms with E-state index in [0.717, 1.165) is 17.1 Å². The van der Waals surface area contributed by atoms with Crippen LogP contribution in [0.3, 0.4) is 0 Å². The SMILES string of the molecule is COc1ccc(CN(C)Cc2nnc(-c3ccc(Cl)cc3Cl)o2)c(OC)c1. The van der Waals surface area contributed by atoms with Crippen LogP contribution in [0.1, 0.15) is 11.5 Å². The Morgan fingerprint density at radius 1 is 1.00 bits per heavy atom. The van der Waals surface area contributed by atoms with Gasteiger partial charge >= 0.3 is 0 Å². The summed E-state index contributed by atoms with van der Waals surface area (Å²) in [4.78, 5) is 2.05. The van der Waals surface area contributed by atoms with E-state index in [0.29, 0.717) is 40.5 Å². The average molecular weight is 408 g/mol. The minimum Gasteiger partial charge on any atom is -0.497 e. The lowest BCUT2D eigenvalue weighted by molar-refractivity contribution is 0.277. The minimum atomic E-state index is 0.363. The monoisotopic (exact) mass is 407 g/mol. The van der Waals surface area contributed by atoms with Crippen LogP contribution in [0, 0.1) is 0 Å². The predicted molar refractivity (Wildman–Crippen MR) is 104 cm³/mol. The van der Waals surface area contributed by atoms with E-state index < -0.39 is 0 Å². The summed E-state index contributed by atoms with van der Waals surface area (Å²) in [5, 5.41) is 9.21. The molecular weight excluding hydrogens is 389 g/mol. The second-order valence-corrected chi connectivity index (χ2v) is 6.82. The molecule has 0 bridgehead atoms. The molecule has 6 nitrogen and oxygen atoms in total. The van der Waals surface area contributed by atoms with Crippen molar-refractivity contribution in [2.24, 2.45) is 0 Å². The number of hydrogen-bond acceptors (Lipinski definition) is 6. The van der Waals surface area contributed by atoms with Crippen molar-refractivity contribution in [1.29, 1.82) is 0 Å². The number of nitrogens with zero attached hydrogens (tertiary/aromatic N) is 3. The molecule has 27 heavy (non-hydrogen) atoms. The summed E-state index contributed by atoms with van der Waals surface area (Å²) in [6.45, 7) is 1.12. The van der Waals surface area contributed by atoms with E-state index in [2.05, 4.69) is 10.2 Å². The molecule has 0 spiro atoms. The number of ether oxygens (including phenoxy) is 2. The molecule has 3 rings (SSSR count). The fourth-order valence-corrected chi connectivity index (χ4v) is 3.14. The van der Waals surface area contributed by atoms with Crippen LogP contribution in [0.4, 0.5) is 0 Å². The lowest BCUT2D eigenvalue weighted by Gasteiger charge is -2.17. The fourth-order valence-electron chi connectivity index (χ4n) is 2.65. The van der Waals surface area contributed by atoms with Crippen molar-refractivity contribution < 1.29 is 13.9 Å². The standard InChI is InChI=1S/C19H19Cl2N3O3/c1-24(10-12-4-6-14(25-2)9-17(12)26-3)11-18-22-23-19(27-18)15-7-5-13(20)8-16(15)21/h4-9H,10-11H2,1-3H3. The van der Waals surface area contributed by atoms with Gasteiger partial charge in [0.25, 0.3) is 0 Å². The van der Waals surface area contributed by atoms with Crippen molar-refractivity contribution in [3.63, 3.8) is 0 Å². The molecular formula is C19H19Cl2N3O3. The molecule has 0 aliphatic rings. The quantitative estimate of drug-likeness (QED) is 0.565. The summed E-state index contributed by atoms with van der Waals surface area (Å²) in [5.74, 6) is 2.37. The molecule has 0 aliphatic heterocycles. The average Bonchev–Trinajstić information content (AvgIpc) is 3.09. The zero-order valence-electron chi connectivity index (χ0n) is 15.2. The van der Waals surface area contributed by atoms with Crippen molar-refractivity contribution in [2.75, 3.05) is 21.3 Å². The Bertz CT molecular complexity index is 930. The highest BCUT2D eigenvalue weighted by Crippen LogP contribution is 2.30. The Labute approximate surface area is 167 Å². The summed E-state index contributed by atoms with van der Waals surface area (Å²) < 4.78 is 16.4. The van der Waals surface area contributed by atoms with Gasteiger partial charge in [-0.05, 0) is 31.3 Å². The van der Waals surface area contributed by atoms with Gasteiger partial charge in [-0.25, -0.2) is 0 Å². The molecule has 142 valence electrons. The van der Waals surface area contributed by atoms with Crippen molar-refractivity contribution in [3.8, 4) is 23.0 Å². The van der Waals surface area contributed by atoms with Crippen molar-refractivity contribution in [3.05, 3.63) is 57.9 Å². The van der Waals surface area contributed by atoms with Crippen LogP contribution in [0.2, 0.25) is 10.0 Å². The number of aromatic nitrogens is 2. The van der Waals surface area contributed by atoms with Gasteiger partial charge in [0, 0.05) is 23.2 Å². The topological polar surface area (TPSA) is 60.6 Å². The molecule has 0 saturated heterocycles. The molecule has 1 aromatic heterocycles. The summed E-state index contributed by atoms with van der Waals surface area (Å²) in [7, 11) is 5.22. The lowest BCUT2D eigenvalue weighted by Crippen LogP contribution is -2.18. The van der Waals surface area contributed by atoms with E-state index in [4.69, 9.17) is 37.1 Å². The third-order valence-corrected chi connectivity index (χ3v) is 4.52. The van der Waals surface area contributed by atoms with Crippen LogP contribution in [0.5, 0.6) is 11.5 Å². The molecule has 1 heterocycles. The maximum absolute atomic E-state index is 6.20. The van der Waals surface area contributed by atoms with Gasteiger partial charge in [-0.1, -0.05) is 29.3 Å². The van der Waals surface area contributed by atoms with Crippen LogP contribution >= 0.6 is 23.2 Å². The van der Waals surface area contributed by atoms with Crippen LogP contribution < -0.4 is 9.47 Å². The number of rotatable bonds is 7. The first kappa shape index (κ1) is 19.5. The summed E-state index contributed by atoms with van der Waals surface area (Å²) in [5.41, 5.74) is 1.68. The number of methoxy groups -OCH3 is 2. The van der Waals surface area contributed by atoms with Crippen LogP contribution in [-0.2, 0) is 13.1 Å². The summed E-state index contributed by atoms with van der Waals surface area (Å²) in [6, 6.07) is 10.9. The lowest BCUT2D eigenvalue weighted by atomic mass is 10.2. The Morgan fingerprint density at radius 2 is 1.81 bits per heavy atom. The zero-order chi connectivity index (χ0) is 19.4. The van der Waals surface area contributed by atoms with Crippen molar-refractivity contribution in [1.82, 2.24) is 15.1 Å². The highest BCUT2D eigenvalue weighted by Gasteiger charge is 2.15. The maximum atomic E-state index is 6.20. The molecule has 0 saturated carbocycles. The molecule has 0 radical (unpaired) electrons. The summed E-state index contributed by atoms with van der Waals surface area (Å²) >= 11 is 12.1. The Hall–Kier alpha value is -2.28. The van der Waals surface area contributed by atoms with E-state index >= 15 is 0 Å². The van der Waals surface area contributed by atoms with E-state index in [1.807, 2.05) is 30.1 Å². The Balaban J connectivity index is 1.70. The van der Waals surface area contributed by atoms with Crippen LogP contribution in [-0.4, -0.2) is 36.4 Å². The van der Waals surface area contributed by atoms with Gasteiger partial charge < -0.3 is 13.9 Å². The second-order valence-electron chi connectivity index (χ2n) is 5.98.